The van der Waals surface area contributed by atoms with Gasteiger partial charge in [0.15, 0.2) is 5.82 Å². The van der Waals surface area contributed by atoms with Gasteiger partial charge in [0.25, 0.3) is 0 Å². The molecule has 0 bridgehead atoms. The van der Waals surface area contributed by atoms with E-state index in [4.69, 9.17) is 15.4 Å². The lowest BCUT2D eigenvalue weighted by Crippen LogP contribution is -2.19. The van der Waals surface area contributed by atoms with Crippen LogP contribution in [-0.2, 0) is 13.0 Å². The van der Waals surface area contributed by atoms with E-state index >= 15 is 0 Å². The van der Waals surface area contributed by atoms with Crippen LogP contribution in [-0.4, -0.2) is 31.4 Å². The summed E-state index contributed by atoms with van der Waals surface area (Å²) in [5.74, 6) is 1.21. The molecule has 17 heavy (non-hydrogen) atoms. The summed E-state index contributed by atoms with van der Waals surface area (Å²) in [6.45, 7) is 2.30. The van der Waals surface area contributed by atoms with Crippen molar-refractivity contribution in [2.24, 2.45) is 5.73 Å². The second-order valence-electron chi connectivity index (χ2n) is 3.78. The zero-order valence-corrected chi connectivity index (χ0v) is 9.58. The Hall–Kier alpha value is -1.73. The van der Waals surface area contributed by atoms with Gasteiger partial charge in [-0.3, -0.25) is 0 Å². The number of nitrogens with zero attached hydrogens (tertiary/aromatic N) is 4. The third kappa shape index (κ3) is 2.69. The van der Waals surface area contributed by atoms with E-state index in [9.17, 15) is 0 Å². The fourth-order valence-corrected chi connectivity index (χ4v) is 1.58. The summed E-state index contributed by atoms with van der Waals surface area (Å²) in [6, 6.07) is -0.412. The predicted octanol–water partition coefficient (Wildman–Crippen LogP) is -0.191. The number of aryl methyl sites for hydroxylation is 3. The number of aliphatic hydroxyl groups excluding tert-OH is 1. The molecule has 0 aromatic carbocycles. The van der Waals surface area contributed by atoms with Gasteiger partial charge < -0.3 is 19.9 Å². The first kappa shape index (κ1) is 11.7. The number of nitrogens with two attached hydrogens (primary N) is 1. The van der Waals surface area contributed by atoms with Crippen molar-refractivity contribution in [2.45, 2.75) is 25.9 Å². The van der Waals surface area contributed by atoms with Crippen LogP contribution in [0.2, 0.25) is 0 Å². The first-order valence-electron chi connectivity index (χ1n) is 5.36. The SMILES string of the molecule is Cc1nc(CCn2cncc2C(N)CO)no1. The fraction of sp³-hybridized carbons (Fsp3) is 0.500. The van der Waals surface area contributed by atoms with Gasteiger partial charge in [-0.15, -0.1) is 0 Å². The van der Waals surface area contributed by atoms with Crippen LogP contribution >= 0.6 is 0 Å². The summed E-state index contributed by atoms with van der Waals surface area (Å²) in [7, 11) is 0. The molecule has 2 heterocycles. The molecule has 2 rings (SSSR count). The molecule has 0 saturated carbocycles. The summed E-state index contributed by atoms with van der Waals surface area (Å²) in [4.78, 5) is 8.13. The highest BCUT2D eigenvalue weighted by molar-refractivity contribution is 5.04. The van der Waals surface area contributed by atoms with Gasteiger partial charge in [0.05, 0.1) is 24.7 Å². The van der Waals surface area contributed by atoms with Crippen LogP contribution < -0.4 is 5.73 Å². The van der Waals surface area contributed by atoms with Crippen LogP contribution in [0.5, 0.6) is 0 Å². The van der Waals surface area contributed by atoms with Crippen LogP contribution in [0, 0.1) is 6.92 Å². The summed E-state index contributed by atoms with van der Waals surface area (Å²) in [5.41, 5.74) is 6.55. The van der Waals surface area contributed by atoms with Crippen molar-refractivity contribution in [1.29, 1.82) is 0 Å². The number of hydrogen-bond donors (Lipinski definition) is 2. The van der Waals surface area contributed by atoms with Crippen LogP contribution in [0.1, 0.15) is 23.5 Å². The molecule has 0 fully saturated rings. The number of hydrogen-bond acceptors (Lipinski definition) is 6. The van der Waals surface area contributed by atoms with E-state index in [2.05, 4.69) is 15.1 Å². The summed E-state index contributed by atoms with van der Waals surface area (Å²) in [6.07, 6.45) is 3.97. The molecular weight excluding hydrogens is 222 g/mol. The van der Waals surface area contributed by atoms with Crippen molar-refractivity contribution >= 4 is 0 Å². The van der Waals surface area contributed by atoms with Gasteiger partial charge >= 0.3 is 0 Å². The third-order valence-corrected chi connectivity index (χ3v) is 2.47. The molecule has 0 spiro atoms. The van der Waals surface area contributed by atoms with Crippen molar-refractivity contribution in [3.05, 3.63) is 29.9 Å². The third-order valence-electron chi connectivity index (χ3n) is 2.47. The van der Waals surface area contributed by atoms with Gasteiger partial charge in [0, 0.05) is 26.1 Å². The quantitative estimate of drug-likeness (QED) is 0.747. The minimum Gasteiger partial charge on any atom is -0.394 e. The maximum Gasteiger partial charge on any atom is 0.223 e. The second-order valence-corrected chi connectivity index (χ2v) is 3.78. The molecular formula is C10H15N5O2. The summed E-state index contributed by atoms with van der Waals surface area (Å²) >= 11 is 0. The average molecular weight is 237 g/mol. The predicted molar refractivity (Wildman–Crippen MR) is 59.0 cm³/mol. The molecule has 0 saturated heterocycles. The molecule has 3 N–H and O–H groups in total. The lowest BCUT2D eigenvalue weighted by molar-refractivity contribution is 0.263. The molecule has 0 aliphatic heterocycles. The Labute approximate surface area is 98.3 Å². The van der Waals surface area contributed by atoms with Crippen LogP contribution in [0.15, 0.2) is 17.0 Å². The summed E-state index contributed by atoms with van der Waals surface area (Å²) in [5, 5.41) is 12.8. The van der Waals surface area contributed by atoms with Gasteiger partial charge in [0.2, 0.25) is 5.89 Å². The maximum absolute atomic E-state index is 9.01. The lowest BCUT2D eigenvalue weighted by atomic mass is 10.2. The van der Waals surface area contributed by atoms with Crippen molar-refractivity contribution < 1.29 is 9.63 Å². The molecule has 0 aliphatic carbocycles. The Morgan fingerprint density at radius 2 is 2.41 bits per heavy atom. The molecule has 0 amide bonds. The molecule has 1 atom stereocenters. The first-order valence-corrected chi connectivity index (χ1v) is 5.36. The van der Waals surface area contributed by atoms with Crippen molar-refractivity contribution in [1.82, 2.24) is 19.7 Å². The van der Waals surface area contributed by atoms with Gasteiger partial charge in [-0.1, -0.05) is 5.16 Å². The van der Waals surface area contributed by atoms with Crippen molar-refractivity contribution in [3.8, 4) is 0 Å². The molecule has 7 nitrogen and oxygen atoms in total. The number of imidazole rings is 1. The smallest absolute Gasteiger partial charge is 0.223 e. The molecule has 7 heteroatoms. The Bertz CT molecular complexity index is 479. The first-order chi connectivity index (χ1) is 8.20. The van der Waals surface area contributed by atoms with Crippen molar-refractivity contribution in [2.75, 3.05) is 6.61 Å². The van der Waals surface area contributed by atoms with Crippen LogP contribution in [0.3, 0.4) is 0 Å². The fourth-order valence-electron chi connectivity index (χ4n) is 1.58. The molecule has 2 aromatic heterocycles. The average Bonchev–Trinajstić information content (AvgIpc) is 2.94. The molecule has 1 unspecified atom stereocenters. The van der Waals surface area contributed by atoms with E-state index < -0.39 is 6.04 Å². The number of aromatic nitrogens is 4. The lowest BCUT2D eigenvalue weighted by Gasteiger charge is -2.11. The number of rotatable bonds is 5. The van der Waals surface area contributed by atoms with E-state index in [1.165, 1.54) is 0 Å². The van der Waals surface area contributed by atoms with Crippen LogP contribution in [0.25, 0.3) is 0 Å². The van der Waals surface area contributed by atoms with E-state index in [0.29, 0.717) is 24.7 Å². The monoisotopic (exact) mass is 237 g/mol. The highest BCUT2D eigenvalue weighted by Crippen LogP contribution is 2.09. The topological polar surface area (TPSA) is 103 Å². The van der Waals surface area contributed by atoms with E-state index in [-0.39, 0.29) is 6.61 Å². The molecule has 92 valence electrons. The minimum atomic E-state index is -0.412. The second kappa shape index (κ2) is 5.07. The Morgan fingerprint density at radius 1 is 1.59 bits per heavy atom. The highest BCUT2D eigenvalue weighted by atomic mass is 16.5. The van der Waals surface area contributed by atoms with Crippen molar-refractivity contribution in [3.63, 3.8) is 0 Å². The van der Waals surface area contributed by atoms with E-state index in [0.717, 1.165) is 5.69 Å². The zero-order chi connectivity index (χ0) is 12.3. The van der Waals surface area contributed by atoms with Gasteiger partial charge in [-0.05, 0) is 0 Å². The molecule has 0 radical (unpaired) electrons. The van der Waals surface area contributed by atoms with Gasteiger partial charge in [-0.2, -0.15) is 4.98 Å². The summed E-state index contributed by atoms with van der Waals surface area (Å²) < 4.78 is 6.76. The number of aliphatic hydroxyl groups is 1. The largest absolute Gasteiger partial charge is 0.394 e. The molecule has 2 aromatic rings. The van der Waals surface area contributed by atoms with Gasteiger partial charge in [0.1, 0.15) is 0 Å². The maximum atomic E-state index is 9.01. The van der Waals surface area contributed by atoms with Crippen LogP contribution in [0.4, 0.5) is 0 Å². The zero-order valence-electron chi connectivity index (χ0n) is 9.58. The van der Waals surface area contributed by atoms with E-state index in [1.807, 2.05) is 4.57 Å². The Kier molecular flexibility index (Phi) is 3.50. The van der Waals surface area contributed by atoms with Gasteiger partial charge in [-0.25, -0.2) is 4.98 Å². The van der Waals surface area contributed by atoms with E-state index in [1.54, 1.807) is 19.4 Å². The minimum absolute atomic E-state index is 0.104. The Morgan fingerprint density at radius 3 is 3.06 bits per heavy atom. The highest BCUT2D eigenvalue weighted by Gasteiger charge is 2.11. The normalized spacial score (nSPS) is 12.9. The standard InChI is InChI=1S/C10H15N5O2/c1-7-13-10(14-17-7)2-3-15-6-12-4-9(15)8(11)5-16/h4,6,8,16H,2-3,5,11H2,1H3. The molecule has 0 aliphatic rings. The Balaban J connectivity index is 2.01.